The number of imidazole rings is 1. The molecule has 182 valence electrons. The number of nitrogens with zero attached hydrogens (tertiary/aromatic N) is 1. The monoisotopic (exact) mass is 518 g/mol. The molecule has 0 aliphatic heterocycles. The Hall–Kier alpha value is -3.31. The molecule has 1 aromatic carbocycles. The van der Waals surface area contributed by atoms with Crippen molar-refractivity contribution in [3.8, 4) is 0 Å². The van der Waals surface area contributed by atoms with E-state index in [4.69, 9.17) is 33.1 Å². The number of nitrogens with one attached hydrogen (secondary N) is 3. The molecule has 4 N–H and O–H groups in total. The Morgan fingerprint density at radius 3 is 1.88 bits per heavy atom. The third-order valence-corrected chi connectivity index (χ3v) is 4.56. The van der Waals surface area contributed by atoms with E-state index in [0.29, 0.717) is 21.3 Å². The third-order valence-electron chi connectivity index (χ3n) is 4.12. The molecule has 0 unspecified atom stereocenters. The van der Waals surface area contributed by atoms with E-state index in [0.717, 1.165) is 5.69 Å². The normalized spacial score (nSPS) is 12.9. The minimum atomic E-state index is -5.08. The Morgan fingerprint density at radius 2 is 1.44 bits per heavy atom. The van der Waals surface area contributed by atoms with Crippen LogP contribution in [0.25, 0.3) is 12.2 Å². The lowest BCUT2D eigenvalue weighted by molar-refractivity contribution is -0.192. The van der Waals surface area contributed by atoms with Gasteiger partial charge in [-0.15, -0.1) is 0 Å². The summed E-state index contributed by atoms with van der Waals surface area (Å²) < 4.78 is 31.7. The predicted molar refractivity (Wildman–Crippen MR) is 122 cm³/mol. The number of aromatic amines is 3. The van der Waals surface area contributed by atoms with Gasteiger partial charge in [0.1, 0.15) is 10.7 Å². The Morgan fingerprint density at radius 1 is 0.971 bits per heavy atom. The molecule has 0 aliphatic carbocycles. The number of hydrogen-bond donors (Lipinski definition) is 4. The summed E-state index contributed by atoms with van der Waals surface area (Å²) in [5, 5.41) is 8.23. The van der Waals surface area contributed by atoms with Crippen LogP contribution in [0.4, 0.5) is 13.2 Å². The second-order valence-corrected chi connectivity index (χ2v) is 8.82. The van der Waals surface area contributed by atoms with Crippen LogP contribution in [-0.2, 0) is 10.2 Å². The largest absolute Gasteiger partial charge is 0.490 e. The number of carboxylic acid groups (broad SMARTS) is 1. The number of aromatic nitrogens is 4. The second-order valence-electron chi connectivity index (χ2n) is 7.94. The van der Waals surface area contributed by atoms with Crippen molar-refractivity contribution in [2.45, 2.75) is 32.4 Å². The van der Waals surface area contributed by atoms with Gasteiger partial charge in [-0.25, -0.2) is 9.78 Å². The van der Waals surface area contributed by atoms with Crippen molar-refractivity contribution in [3.05, 3.63) is 82.9 Å². The van der Waals surface area contributed by atoms with Gasteiger partial charge in [-0.3, -0.25) is 9.59 Å². The van der Waals surface area contributed by atoms with E-state index in [2.05, 4.69) is 19.9 Å². The first-order valence-corrected chi connectivity index (χ1v) is 10.2. The second kappa shape index (κ2) is 10.3. The maximum absolute atomic E-state index is 12.4. The van der Waals surface area contributed by atoms with Gasteiger partial charge >= 0.3 is 12.1 Å². The van der Waals surface area contributed by atoms with Gasteiger partial charge in [-0.05, 0) is 35.9 Å². The lowest BCUT2D eigenvalue weighted by Gasteiger charge is -2.16. The van der Waals surface area contributed by atoms with E-state index in [1.54, 1.807) is 30.6 Å². The summed E-state index contributed by atoms with van der Waals surface area (Å²) in [5.74, 6) is -2.76. The lowest BCUT2D eigenvalue weighted by atomic mass is 9.90. The van der Waals surface area contributed by atoms with Crippen molar-refractivity contribution in [3.63, 3.8) is 0 Å². The van der Waals surface area contributed by atoms with Gasteiger partial charge in [0.25, 0.3) is 11.1 Å². The maximum atomic E-state index is 12.4. The molecule has 0 spiro atoms. The summed E-state index contributed by atoms with van der Waals surface area (Å²) in [5.41, 5.74) is 1.01. The van der Waals surface area contributed by atoms with Crippen LogP contribution in [0.1, 0.15) is 37.7 Å². The average Bonchev–Trinajstić information content (AvgIpc) is 3.13. The molecule has 2 aromatic heterocycles. The zero-order valence-corrected chi connectivity index (χ0v) is 19.5. The molecule has 0 saturated carbocycles. The van der Waals surface area contributed by atoms with Gasteiger partial charge < -0.3 is 20.1 Å². The highest BCUT2D eigenvalue weighted by atomic mass is 35.5. The Kier molecular flexibility index (Phi) is 8.17. The maximum Gasteiger partial charge on any atom is 0.490 e. The molecule has 0 bridgehead atoms. The zero-order chi connectivity index (χ0) is 25.8. The third kappa shape index (κ3) is 7.35. The molecule has 0 fully saturated rings. The first-order valence-electron chi connectivity index (χ1n) is 9.44. The van der Waals surface area contributed by atoms with Crippen LogP contribution in [0.15, 0.2) is 34.1 Å². The molecule has 8 nitrogen and oxygen atoms in total. The van der Waals surface area contributed by atoms with Crippen molar-refractivity contribution in [1.82, 2.24) is 19.9 Å². The number of rotatable bonds is 2. The van der Waals surface area contributed by atoms with Crippen LogP contribution in [-0.4, -0.2) is 37.2 Å². The Bertz CT molecular complexity index is 1410. The molecule has 0 atom stereocenters. The van der Waals surface area contributed by atoms with Crippen LogP contribution in [0.5, 0.6) is 0 Å². The van der Waals surface area contributed by atoms with Gasteiger partial charge in [-0.1, -0.05) is 44.0 Å². The molecule has 0 saturated heterocycles. The number of carbonyl (C=O) groups is 1. The van der Waals surface area contributed by atoms with E-state index in [9.17, 15) is 22.8 Å². The fourth-order valence-electron chi connectivity index (χ4n) is 2.67. The standard InChI is InChI=1S/C19H18Cl2N4O2.C2HF3O2/c1-19(2,3)16-13(22-9-23-16)8-15-18(27)24-14(17(26)25-15)6-10-4-11(20)7-12(21)5-10;3-2(4,5)1(6)7/h4-9H,1-3H3,(H,22,23)(H,24,27)(H,25,26);(H,6,7)/b14-6-,15-8-;. The number of H-pyrrole nitrogens is 3. The minimum Gasteiger partial charge on any atom is -0.475 e. The van der Waals surface area contributed by atoms with Gasteiger partial charge in [-0.2, -0.15) is 13.2 Å². The molecular weight excluding hydrogens is 500 g/mol. The summed E-state index contributed by atoms with van der Waals surface area (Å²) in [6.07, 6.45) is -0.460. The molecule has 0 aliphatic rings. The zero-order valence-electron chi connectivity index (χ0n) is 18.0. The molecule has 34 heavy (non-hydrogen) atoms. The number of carboxylic acids is 1. The summed E-state index contributed by atoms with van der Waals surface area (Å²) in [7, 11) is 0. The highest BCUT2D eigenvalue weighted by Gasteiger charge is 2.38. The predicted octanol–water partition coefficient (Wildman–Crippen LogP) is 2.68. The first kappa shape index (κ1) is 26.9. The Labute approximate surface area is 199 Å². The molecule has 0 amide bonds. The van der Waals surface area contributed by atoms with E-state index in [1.807, 2.05) is 20.8 Å². The molecule has 0 radical (unpaired) electrons. The number of aliphatic carboxylic acids is 1. The SMILES string of the molecule is CC(C)(C)c1[nH]cnc1/C=c1\[nH]c(=O)/c(=C/c2cc(Cl)cc(Cl)c2)[nH]c1=O.O=C(O)C(F)(F)F. The highest BCUT2D eigenvalue weighted by Crippen LogP contribution is 2.23. The van der Waals surface area contributed by atoms with Crippen molar-refractivity contribution in [1.29, 1.82) is 0 Å². The van der Waals surface area contributed by atoms with E-state index in [-0.39, 0.29) is 16.1 Å². The smallest absolute Gasteiger partial charge is 0.475 e. The van der Waals surface area contributed by atoms with Gasteiger partial charge in [0.15, 0.2) is 0 Å². The number of benzene rings is 1. The topological polar surface area (TPSA) is 132 Å². The minimum absolute atomic E-state index is 0.105. The quantitative estimate of drug-likeness (QED) is 0.414. The van der Waals surface area contributed by atoms with Gasteiger partial charge in [0.05, 0.1) is 12.0 Å². The van der Waals surface area contributed by atoms with Crippen molar-refractivity contribution < 1.29 is 23.1 Å². The fraction of sp³-hybridized carbons (Fsp3) is 0.238. The molecule has 2 heterocycles. The number of hydrogen-bond acceptors (Lipinski definition) is 4. The average molecular weight is 519 g/mol. The first-order chi connectivity index (χ1) is 15.6. The van der Waals surface area contributed by atoms with Crippen LogP contribution in [0.2, 0.25) is 10.0 Å². The van der Waals surface area contributed by atoms with E-state index >= 15 is 0 Å². The number of halogens is 5. The van der Waals surface area contributed by atoms with Crippen LogP contribution in [0, 0.1) is 0 Å². The summed E-state index contributed by atoms with van der Waals surface area (Å²) >= 11 is 11.9. The number of alkyl halides is 3. The van der Waals surface area contributed by atoms with Crippen molar-refractivity contribution >= 4 is 41.3 Å². The van der Waals surface area contributed by atoms with Gasteiger partial charge in [0.2, 0.25) is 0 Å². The van der Waals surface area contributed by atoms with E-state index < -0.39 is 23.3 Å². The summed E-state index contributed by atoms with van der Waals surface area (Å²) in [4.78, 5) is 46.2. The van der Waals surface area contributed by atoms with Crippen LogP contribution >= 0.6 is 23.2 Å². The van der Waals surface area contributed by atoms with Crippen LogP contribution in [0.3, 0.4) is 0 Å². The van der Waals surface area contributed by atoms with E-state index in [1.165, 1.54) is 6.08 Å². The van der Waals surface area contributed by atoms with Crippen molar-refractivity contribution in [2.24, 2.45) is 0 Å². The molecule has 13 heteroatoms. The van der Waals surface area contributed by atoms with Crippen LogP contribution < -0.4 is 21.8 Å². The highest BCUT2D eigenvalue weighted by molar-refractivity contribution is 6.34. The molecular formula is C21H19Cl2F3N4O4. The molecule has 3 aromatic rings. The Balaban J connectivity index is 0.000000509. The van der Waals surface area contributed by atoms with Crippen molar-refractivity contribution in [2.75, 3.05) is 0 Å². The lowest BCUT2D eigenvalue weighted by Crippen LogP contribution is -2.46. The van der Waals surface area contributed by atoms with Gasteiger partial charge in [0, 0.05) is 21.2 Å². The summed E-state index contributed by atoms with van der Waals surface area (Å²) in [6, 6.07) is 4.87. The summed E-state index contributed by atoms with van der Waals surface area (Å²) in [6.45, 7) is 6.08. The molecule has 3 rings (SSSR count). The fourth-order valence-corrected chi connectivity index (χ4v) is 3.22.